The molecule has 3 N–H and O–H groups in total. The summed E-state index contributed by atoms with van der Waals surface area (Å²) in [4.78, 5) is 24.9. The van der Waals surface area contributed by atoms with Crippen molar-refractivity contribution in [3.63, 3.8) is 0 Å². The summed E-state index contributed by atoms with van der Waals surface area (Å²) in [7, 11) is 0. The van der Waals surface area contributed by atoms with Crippen LogP contribution < -0.4 is 5.32 Å². The second kappa shape index (κ2) is 8.32. The fraction of sp³-hybridized carbons (Fsp3) is 0.871. The number of carbonyl (C=O) groups excluding carboxylic acids is 1. The lowest BCUT2D eigenvalue weighted by Gasteiger charge is -2.72. The van der Waals surface area contributed by atoms with E-state index in [9.17, 15) is 19.8 Å². The SMILES string of the molecule is C=CC1CCC2(C(=O)NCC(=O)O)CCC3(C)C(CCC4C5(C)CCC(O)C(C)(C)C5CCC43C)C12. The van der Waals surface area contributed by atoms with Gasteiger partial charge < -0.3 is 15.5 Å². The maximum Gasteiger partial charge on any atom is 0.322 e. The van der Waals surface area contributed by atoms with Gasteiger partial charge in [-0.1, -0.05) is 40.7 Å². The number of rotatable bonds is 4. The zero-order chi connectivity index (χ0) is 26.3. The third kappa shape index (κ3) is 3.23. The van der Waals surface area contributed by atoms with Crippen LogP contribution in [0.5, 0.6) is 0 Å². The molecule has 5 heteroatoms. The van der Waals surface area contributed by atoms with Gasteiger partial charge in [0.15, 0.2) is 0 Å². The van der Waals surface area contributed by atoms with E-state index < -0.39 is 11.4 Å². The quantitative estimate of drug-likeness (QED) is 0.426. The number of hydrogen-bond acceptors (Lipinski definition) is 3. The molecule has 5 saturated carbocycles. The topological polar surface area (TPSA) is 86.6 Å². The number of amides is 1. The summed E-state index contributed by atoms with van der Waals surface area (Å²) in [6.45, 7) is 16.2. The average molecular weight is 500 g/mol. The number of carbonyl (C=O) groups is 2. The number of carboxylic acid groups (broad SMARTS) is 1. The number of fused-ring (bicyclic) bond motifs is 7. The molecule has 0 radical (unpaired) electrons. The van der Waals surface area contributed by atoms with Crippen LogP contribution in [0.25, 0.3) is 0 Å². The Morgan fingerprint density at radius 2 is 1.61 bits per heavy atom. The first kappa shape index (κ1) is 26.3. The predicted octanol–water partition coefficient (Wildman–Crippen LogP) is 5.82. The van der Waals surface area contributed by atoms with E-state index in [0.29, 0.717) is 23.7 Å². The largest absolute Gasteiger partial charge is 0.480 e. The highest BCUT2D eigenvalue weighted by atomic mass is 16.4. The van der Waals surface area contributed by atoms with Gasteiger partial charge >= 0.3 is 5.97 Å². The minimum Gasteiger partial charge on any atom is -0.480 e. The average Bonchev–Trinajstić information content (AvgIpc) is 3.20. The van der Waals surface area contributed by atoms with Gasteiger partial charge in [0.05, 0.1) is 11.5 Å². The number of aliphatic hydroxyl groups excluding tert-OH is 1. The summed E-state index contributed by atoms with van der Waals surface area (Å²) in [5.41, 5.74) is 0.0915. The Morgan fingerprint density at radius 3 is 2.28 bits per heavy atom. The molecule has 10 unspecified atom stereocenters. The van der Waals surface area contributed by atoms with Crippen LogP contribution in [0.15, 0.2) is 12.7 Å². The Morgan fingerprint density at radius 1 is 0.889 bits per heavy atom. The van der Waals surface area contributed by atoms with Gasteiger partial charge in [-0.3, -0.25) is 9.59 Å². The molecular formula is C31H49NO4. The van der Waals surface area contributed by atoms with Gasteiger partial charge in [0.1, 0.15) is 6.54 Å². The fourth-order valence-electron chi connectivity index (χ4n) is 11.6. The molecule has 5 fully saturated rings. The van der Waals surface area contributed by atoms with Crippen molar-refractivity contribution < 1.29 is 19.8 Å². The highest BCUT2D eigenvalue weighted by molar-refractivity contribution is 5.86. The van der Waals surface area contributed by atoms with Crippen molar-refractivity contribution in [2.75, 3.05) is 6.54 Å². The van der Waals surface area contributed by atoms with Gasteiger partial charge in [0.2, 0.25) is 5.91 Å². The van der Waals surface area contributed by atoms with E-state index in [4.69, 9.17) is 0 Å². The van der Waals surface area contributed by atoms with Crippen molar-refractivity contribution in [3.8, 4) is 0 Å². The third-order valence-electron chi connectivity index (χ3n) is 13.6. The van der Waals surface area contributed by atoms with Crippen LogP contribution in [0, 0.1) is 56.7 Å². The molecule has 36 heavy (non-hydrogen) atoms. The molecule has 10 atom stereocenters. The molecule has 202 valence electrons. The molecular weight excluding hydrogens is 450 g/mol. The van der Waals surface area contributed by atoms with Crippen LogP contribution in [0.1, 0.15) is 98.8 Å². The zero-order valence-electron chi connectivity index (χ0n) is 23.2. The molecule has 0 aromatic carbocycles. The van der Waals surface area contributed by atoms with Crippen LogP contribution in [-0.2, 0) is 9.59 Å². The minimum atomic E-state index is -0.978. The molecule has 5 aliphatic rings. The van der Waals surface area contributed by atoms with Crippen molar-refractivity contribution in [1.29, 1.82) is 0 Å². The molecule has 1 amide bonds. The Kier molecular flexibility index (Phi) is 6.07. The molecule has 5 aliphatic carbocycles. The molecule has 0 aromatic heterocycles. The van der Waals surface area contributed by atoms with E-state index in [2.05, 4.69) is 52.6 Å². The Labute approximate surface area is 217 Å². The van der Waals surface area contributed by atoms with Gasteiger partial charge in [-0.15, -0.1) is 6.58 Å². The van der Waals surface area contributed by atoms with Crippen LogP contribution in [-0.4, -0.2) is 34.7 Å². The second-order valence-corrected chi connectivity index (χ2v) is 14.7. The highest BCUT2D eigenvalue weighted by Gasteiger charge is 2.71. The molecule has 5 rings (SSSR count). The fourth-order valence-corrected chi connectivity index (χ4v) is 11.6. The lowest BCUT2D eigenvalue weighted by atomic mass is 9.32. The predicted molar refractivity (Wildman–Crippen MR) is 141 cm³/mol. The third-order valence-corrected chi connectivity index (χ3v) is 13.6. The zero-order valence-corrected chi connectivity index (χ0v) is 23.2. The minimum absolute atomic E-state index is 0.0349. The van der Waals surface area contributed by atoms with Crippen molar-refractivity contribution in [1.82, 2.24) is 5.32 Å². The molecule has 5 nitrogen and oxygen atoms in total. The van der Waals surface area contributed by atoms with Crippen molar-refractivity contribution in [2.45, 2.75) is 105 Å². The molecule has 0 aliphatic heterocycles. The van der Waals surface area contributed by atoms with Gasteiger partial charge in [-0.05, 0) is 115 Å². The van der Waals surface area contributed by atoms with Gasteiger partial charge in [0.25, 0.3) is 0 Å². The summed E-state index contributed by atoms with van der Waals surface area (Å²) in [5.74, 6) is 1.19. The number of allylic oxidation sites excluding steroid dienone is 1. The first-order valence-electron chi connectivity index (χ1n) is 14.6. The molecule has 0 aromatic rings. The monoisotopic (exact) mass is 499 g/mol. The van der Waals surface area contributed by atoms with E-state index in [0.717, 1.165) is 44.9 Å². The van der Waals surface area contributed by atoms with Crippen LogP contribution >= 0.6 is 0 Å². The van der Waals surface area contributed by atoms with Crippen LogP contribution in [0.4, 0.5) is 0 Å². The highest BCUT2D eigenvalue weighted by Crippen LogP contribution is 2.77. The normalized spacial score (nSPS) is 51.2. The standard InChI is InChI=1S/C31H49NO4/c1-7-19-10-15-31(26(36)32-18-24(34)35)17-16-29(5)20(25(19)31)8-9-22-28(4)13-12-23(33)27(2,3)21(28)11-14-30(22,29)6/h7,19-23,25,33H,1,8-18H2,2-6H3,(H,32,36)(H,34,35). The number of aliphatic hydroxyl groups is 1. The maximum absolute atomic E-state index is 13.6. The summed E-state index contributed by atoms with van der Waals surface area (Å²) >= 11 is 0. The van der Waals surface area contributed by atoms with Crippen LogP contribution in [0.3, 0.4) is 0 Å². The van der Waals surface area contributed by atoms with Gasteiger partial charge in [0, 0.05) is 0 Å². The van der Waals surface area contributed by atoms with Crippen molar-refractivity contribution in [2.24, 2.45) is 56.7 Å². The van der Waals surface area contributed by atoms with E-state index >= 15 is 0 Å². The lowest BCUT2D eigenvalue weighted by molar-refractivity contribution is -0.246. The molecule has 0 heterocycles. The van der Waals surface area contributed by atoms with E-state index in [1.807, 2.05) is 0 Å². The number of nitrogens with one attached hydrogen (secondary N) is 1. The Bertz CT molecular complexity index is 945. The Hall–Kier alpha value is -1.36. The summed E-state index contributed by atoms with van der Waals surface area (Å²) in [5, 5.41) is 22.9. The van der Waals surface area contributed by atoms with E-state index in [1.165, 1.54) is 19.3 Å². The molecule has 0 saturated heterocycles. The van der Waals surface area contributed by atoms with E-state index in [-0.39, 0.29) is 46.1 Å². The van der Waals surface area contributed by atoms with Crippen molar-refractivity contribution >= 4 is 11.9 Å². The first-order chi connectivity index (χ1) is 16.8. The van der Waals surface area contributed by atoms with E-state index in [1.54, 1.807) is 0 Å². The second-order valence-electron chi connectivity index (χ2n) is 14.7. The number of aliphatic carboxylic acids is 1. The number of hydrogen-bond donors (Lipinski definition) is 3. The van der Waals surface area contributed by atoms with Gasteiger partial charge in [-0.2, -0.15) is 0 Å². The summed E-state index contributed by atoms with van der Waals surface area (Å²) in [6.07, 6.45) is 12.3. The number of carboxylic acids is 1. The van der Waals surface area contributed by atoms with Crippen molar-refractivity contribution in [3.05, 3.63) is 12.7 Å². The van der Waals surface area contributed by atoms with Crippen LogP contribution in [0.2, 0.25) is 0 Å². The molecule has 0 spiro atoms. The Balaban J connectivity index is 1.51. The summed E-state index contributed by atoms with van der Waals surface area (Å²) < 4.78 is 0. The maximum atomic E-state index is 13.6. The summed E-state index contributed by atoms with van der Waals surface area (Å²) in [6, 6.07) is 0. The first-order valence-corrected chi connectivity index (χ1v) is 14.6. The smallest absolute Gasteiger partial charge is 0.322 e. The lowest BCUT2D eigenvalue weighted by Crippen LogP contribution is -2.67. The molecule has 0 bridgehead atoms. The van der Waals surface area contributed by atoms with Gasteiger partial charge in [-0.25, -0.2) is 0 Å².